The Morgan fingerprint density at radius 3 is 2.47 bits per heavy atom. The molecule has 0 unspecified atom stereocenters. The summed E-state index contributed by atoms with van der Waals surface area (Å²) in [6, 6.07) is 0.284. The summed E-state index contributed by atoms with van der Waals surface area (Å²) in [7, 11) is 2.06. The van der Waals surface area contributed by atoms with Gasteiger partial charge in [0.2, 0.25) is 0 Å². The fourth-order valence-corrected chi connectivity index (χ4v) is 2.31. The Bertz CT molecular complexity index is 177. The molecule has 3 atom stereocenters. The summed E-state index contributed by atoms with van der Waals surface area (Å²) in [5.41, 5.74) is 0. The van der Waals surface area contributed by atoms with Crippen LogP contribution in [0.2, 0.25) is 0 Å². The third kappa shape index (κ3) is 3.14. The topological polar surface area (TPSA) is 41.9 Å². The average Bonchev–Trinajstić information content (AvgIpc) is 2.48. The van der Waals surface area contributed by atoms with Crippen LogP contribution in [0, 0.1) is 0 Å². The molecule has 1 aliphatic heterocycles. The van der Waals surface area contributed by atoms with Crippen molar-refractivity contribution in [1.82, 2.24) is 4.90 Å². The van der Waals surface area contributed by atoms with Crippen LogP contribution in [0.1, 0.15) is 20.3 Å². The first kappa shape index (κ1) is 12.9. The van der Waals surface area contributed by atoms with Crippen LogP contribution in [0.5, 0.6) is 0 Å². The molecule has 1 saturated heterocycles. The summed E-state index contributed by atoms with van der Waals surface area (Å²) in [6.07, 6.45) is 1.01. The van der Waals surface area contributed by atoms with Crippen molar-refractivity contribution in [3.05, 3.63) is 0 Å². The molecule has 90 valence electrons. The first-order chi connectivity index (χ1) is 7.24. The number of aliphatic hydroxyl groups excluding tert-OH is 1. The lowest BCUT2D eigenvalue weighted by Crippen LogP contribution is -2.38. The van der Waals surface area contributed by atoms with Gasteiger partial charge in [-0.25, -0.2) is 0 Å². The van der Waals surface area contributed by atoms with Crippen molar-refractivity contribution in [3.8, 4) is 0 Å². The van der Waals surface area contributed by atoms with Crippen LogP contribution in [0.15, 0.2) is 0 Å². The van der Waals surface area contributed by atoms with Gasteiger partial charge in [-0.05, 0) is 27.3 Å². The highest BCUT2D eigenvalue weighted by Crippen LogP contribution is 2.24. The number of rotatable bonds is 6. The fraction of sp³-hybridized carbons (Fsp3) is 1.00. The van der Waals surface area contributed by atoms with Gasteiger partial charge >= 0.3 is 0 Å². The van der Waals surface area contributed by atoms with Gasteiger partial charge in [0.05, 0.1) is 6.10 Å². The Balaban J connectivity index is 2.59. The Morgan fingerprint density at radius 2 is 1.93 bits per heavy atom. The zero-order valence-corrected chi connectivity index (χ0v) is 9.98. The van der Waals surface area contributed by atoms with Gasteiger partial charge in [-0.3, -0.25) is 4.90 Å². The standard InChI is InChI=1S/C11H23NO3/c1-4-14-10-8-12(3)9(6-7-13)11(10)15-5-2/h9-11,13H,4-8H2,1-3H3/t9-,10+,11-/m0/s1. The lowest BCUT2D eigenvalue weighted by molar-refractivity contribution is -0.0536. The maximum atomic E-state index is 9.02. The van der Waals surface area contributed by atoms with Gasteiger partial charge in [0.1, 0.15) is 6.10 Å². The lowest BCUT2D eigenvalue weighted by Gasteiger charge is -2.25. The van der Waals surface area contributed by atoms with Gasteiger partial charge in [-0.1, -0.05) is 0 Å². The second-order valence-corrected chi connectivity index (χ2v) is 3.93. The van der Waals surface area contributed by atoms with Crippen LogP contribution in [0.3, 0.4) is 0 Å². The molecule has 1 heterocycles. The van der Waals surface area contributed by atoms with Gasteiger partial charge in [0.15, 0.2) is 0 Å². The molecule has 4 nitrogen and oxygen atoms in total. The fourth-order valence-electron chi connectivity index (χ4n) is 2.31. The van der Waals surface area contributed by atoms with Crippen molar-refractivity contribution in [3.63, 3.8) is 0 Å². The van der Waals surface area contributed by atoms with Crippen LogP contribution in [-0.4, -0.2) is 61.7 Å². The molecule has 0 aromatic rings. The van der Waals surface area contributed by atoms with E-state index in [1.54, 1.807) is 0 Å². The Labute approximate surface area is 92.2 Å². The summed E-state index contributed by atoms with van der Waals surface area (Å²) in [5.74, 6) is 0. The van der Waals surface area contributed by atoms with E-state index in [1.165, 1.54) is 0 Å². The van der Waals surface area contributed by atoms with E-state index >= 15 is 0 Å². The number of aliphatic hydroxyl groups is 1. The lowest BCUT2D eigenvalue weighted by atomic mass is 10.1. The second-order valence-electron chi connectivity index (χ2n) is 3.93. The van der Waals surface area contributed by atoms with E-state index in [4.69, 9.17) is 14.6 Å². The van der Waals surface area contributed by atoms with Crippen LogP contribution in [0.25, 0.3) is 0 Å². The number of likely N-dealkylation sites (tertiary alicyclic amines) is 1. The van der Waals surface area contributed by atoms with Gasteiger partial charge in [0, 0.05) is 32.4 Å². The minimum Gasteiger partial charge on any atom is -0.396 e. The van der Waals surface area contributed by atoms with Crippen LogP contribution < -0.4 is 0 Å². The van der Waals surface area contributed by atoms with E-state index in [9.17, 15) is 0 Å². The van der Waals surface area contributed by atoms with E-state index in [1.807, 2.05) is 13.8 Å². The quantitative estimate of drug-likeness (QED) is 0.703. The molecule has 0 aliphatic carbocycles. The van der Waals surface area contributed by atoms with E-state index in [0.717, 1.165) is 13.0 Å². The number of ether oxygens (including phenoxy) is 2. The van der Waals surface area contributed by atoms with Crippen molar-refractivity contribution >= 4 is 0 Å². The Kier molecular flexibility index (Phi) is 5.53. The highest BCUT2D eigenvalue weighted by Gasteiger charge is 2.40. The maximum absolute atomic E-state index is 9.02. The third-order valence-corrected chi connectivity index (χ3v) is 2.94. The minimum absolute atomic E-state index is 0.104. The SMILES string of the molecule is CCO[C@@H]1[C@H](OCC)CN(C)[C@H]1CCO. The molecule has 1 fully saturated rings. The Hall–Kier alpha value is -0.160. The number of hydrogen-bond donors (Lipinski definition) is 1. The molecule has 1 aliphatic rings. The highest BCUT2D eigenvalue weighted by atomic mass is 16.5. The molecule has 4 heteroatoms. The van der Waals surface area contributed by atoms with Crippen molar-refractivity contribution in [2.24, 2.45) is 0 Å². The predicted molar refractivity (Wildman–Crippen MR) is 58.9 cm³/mol. The molecular weight excluding hydrogens is 194 g/mol. The largest absolute Gasteiger partial charge is 0.396 e. The monoisotopic (exact) mass is 217 g/mol. The molecule has 0 radical (unpaired) electrons. The average molecular weight is 217 g/mol. The van der Waals surface area contributed by atoms with Crippen LogP contribution >= 0.6 is 0 Å². The summed E-state index contributed by atoms with van der Waals surface area (Å²) in [5, 5.41) is 9.02. The van der Waals surface area contributed by atoms with E-state index < -0.39 is 0 Å². The molecule has 0 spiro atoms. The van der Waals surface area contributed by atoms with Crippen LogP contribution in [-0.2, 0) is 9.47 Å². The van der Waals surface area contributed by atoms with E-state index in [0.29, 0.717) is 13.2 Å². The molecule has 0 saturated carbocycles. The van der Waals surface area contributed by atoms with Gasteiger partial charge in [-0.2, -0.15) is 0 Å². The number of likely N-dealkylation sites (N-methyl/N-ethyl adjacent to an activating group) is 1. The van der Waals surface area contributed by atoms with Crippen LogP contribution in [0.4, 0.5) is 0 Å². The summed E-state index contributed by atoms with van der Waals surface area (Å²) < 4.78 is 11.4. The molecule has 0 bridgehead atoms. The van der Waals surface area contributed by atoms with E-state index in [2.05, 4.69) is 11.9 Å². The van der Waals surface area contributed by atoms with Gasteiger partial charge < -0.3 is 14.6 Å². The van der Waals surface area contributed by atoms with E-state index in [-0.39, 0.29) is 24.9 Å². The second kappa shape index (κ2) is 6.43. The van der Waals surface area contributed by atoms with Crippen molar-refractivity contribution in [2.75, 3.05) is 33.4 Å². The highest BCUT2D eigenvalue weighted by molar-refractivity contribution is 4.93. The molecular formula is C11H23NO3. The molecule has 15 heavy (non-hydrogen) atoms. The molecule has 1 rings (SSSR count). The van der Waals surface area contributed by atoms with Gasteiger partial charge in [-0.15, -0.1) is 0 Å². The predicted octanol–water partition coefficient (Wildman–Crippen LogP) is 0.493. The summed E-state index contributed by atoms with van der Waals surface area (Å²) in [4.78, 5) is 2.22. The number of nitrogens with zero attached hydrogens (tertiary/aromatic N) is 1. The van der Waals surface area contributed by atoms with Crippen molar-refractivity contribution in [1.29, 1.82) is 0 Å². The molecule has 0 aromatic heterocycles. The van der Waals surface area contributed by atoms with Gasteiger partial charge in [0.25, 0.3) is 0 Å². The zero-order chi connectivity index (χ0) is 11.3. The first-order valence-corrected chi connectivity index (χ1v) is 5.78. The van der Waals surface area contributed by atoms with Crippen molar-refractivity contribution in [2.45, 2.75) is 38.5 Å². The summed E-state index contributed by atoms with van der Waals surface area (Å²) in [6.45, 7) is 6.51. The minimum atomic E-state index is 0.104. The Morgan fingerprint density at radius 1 is 1.27 bits per heavy atom. The number of hydrogen-bond acceptors (Lipinski definition) is 4. The normalized spacial score (nSPS) is 32.4. The summed E-state index contributed by atoms with van der Waals surface area (Å²) >= 11 is 0. The third-order valence-electron chi connectivity index (χ3n) is 2.94. The van der Waals surface area contributed by atoms with Crippen molar-refractivity contribution < 1.29 is 14.6 Å². The smallest absolute Gasteiger partial charge is 0.100 e. The molecule has 0 aromatic carbocycles. The zero-order valence-electron chi connectivity index (χ0n) is 9.98. The first-order valence-electron chi connectivity index (χ1n) is 5.78. The maximum Gasteiger partial charge on any atom is 0.100 e. The molecule has 0 amide bonds. The molecule has 1 N–H and O–H groups in total.